The molecule has 0 spiro atoms. The van der Waals surface area contributed by atoms with Crippen LogP contribution >= 0.6 is 0 Å². The highest BCUT2D eigenvalue weighted by Crippen LogP contribution is 2.51. The van der Waals surface area contributed by atoms with Crippen molar-refractivity contribution in [1.82, 2.24) is 0 Å². The van der Waals surface area contributed by atoms with E-state index >= 15 is 0 Å². The van der Waals surface area contributed by atoms with Gasteiger partial charge in [0.15, 0.2) is 0 Å². The van der Waals surface area contributed by atoms with Gasteiger partial charge in [-0.2, -0.15) is 0 Å². The Morgan fingerprint density at radius 2 is 1.75 bits per heavy atom. The zero-order valence-electron chi connectivity index (χ0n) is 13.5. The summed E-state index contributed by atoms with van der Waals surface area (Å²) < 4.78 is 11.0. The van der Waals surface area contributed by atoms with E-state index in [1.54, 1.807) is 7.11 Å². The number of carbonyl (C=O) groups excluding carboxylic acids is 1. The molecule has 4 rings (SSSR count). The molecule has 1 aliphatic carbocycles. The van der Waals surface area contributed by atoms with Gasteiger partial charge in [-0.3, -0.25) is 4.79 Å². The lowest BCUT2D eigenvalue weighted by atomic mass is 9.65. The molecule has 24 heavy (non-hydrogen) atoms. The number of Topliss-reactive ketones (excluding diaryl/α,β-unsaturated/α-hetero) is 1. The quantitative estimate of drug-likeness (QED) is 0.921. The molecule has 4 heteroatoms. The minimum absolute atomic E-state index is 0.00157. The number of fused-ring (bicyclic) bond motifs is 3. The maximum absolute atomic E-state index is 12.4. The molecule has 1 aliphatic heterocycles. The Morgan fingerprint density at radius 1 is 1.04 bits per heavy atom. The maximum Gasteiger partial charge on any atom is 0.201 e. The zero-order valence-corrected chi connectivity index (χ0v) is 13.5. The number of benzene rings is 2. The number of aliphatic hydroxyl groups is 1. The van der Waals surface area contributed by atoms with E-state index in [1.165, 1.54) is 0 Å². The largest absolute Gasteiger partial charge is 0.497 e. The van der Waals surface area contributed by atoms with E-state index in [1.807, 2.05) is 48.5 Å². The Balaban J connectivity index is 1.74. The van der Waals surface area contributed by atoms with Gasteiger partial charge in [-0.05, 0) is 29.3 Å². The van der Waals surface area contributed by atoms with Crippen molar-refractivity contribution in [2.45, 2.75) is 31.0 Å². The Morgan fingerprint density at radius 3 is 2.50 bits per heavy atom. The molecule has 0 amide bonds. The lowest BCUT2D eigenvalue weighted by Crippen LogP contribution is -2.43. The molecule has 1 saturated carbocycles. The van der Waals surface area contributed by atoms with Crippen LogP contribution in [0.25, 0.3) is 0 Å². The second-order valence-corrected chi connectivity index (χ2v) is 6.56. The zero-order chi connectivity index (χ0) is 16.7. The first-order valence-corrected chi connectivity index (χ1v) is 8.26. The van der Waals surface area contributed by atoms with Crippen molar-refractivity contribution in [2.75, 3.05) is 7.11 Å². The summed E-state index contributed by atoms with van der Waals surface area (Å²) in [7, 11) is 1.63. The highest BCUT2D eigenvalue weighted by molar-refractivity contribution is 5.82. The first-order valence-electron chi connectivity index (χ1n) is 8.26. The number of aliphatic hydroxyl groups excluding tert-OH is 1. The molecule has 0 unspecified atom stereocenters. The highest BCUT2D eigenvalue weighted by atomic mass is 16.6. The number of hydrogen-bond donors (Lipinski definition) is 1. The Hall–Kier alpha value is -2.33. The summed E-state index contributed by atoms with van der Waals surface area (Å²) in [5, 5.41) is 10.6. The summed E-state index contributed by atoms with van der Waals surface area (Å²) in [6.45, 7) is 0. The van der Waals surface area contributed by atoms with E-state index in [-0.39, 0.29) is 23.5 Å². The number of hydrogen-bond acceptors (Lipinski definition) is 4. The fourth-order valence-corrected chi connectivity index (χ4v) is 4.14. The van der Waals surface area contributed by atoms with E-state index in [2.05, 4.69) is 0 Å². The third-order valence-electron chi connectivity index (χ3n) is 5.26. The lowest BCUT2D eigenvalue weighted by Gasteiger charge is -2.44. The van der Waals surface area contributed by atoms with Crippen molar-refractivity contribution in [2.24, 2.45) is 5.92 Å². The first kappa shape index (κ1) is 15.2. The van der Waals surface area contributed by atoms with Crippen molar-refractivity contribution >= 4 is 5.78 Å². The summed E-state index contributed by atoms with van der Waals surface area (Å²) in [6.07, 6.45) is 0.00952. The first-order chi connectivity index (χ1) is 11.7. The second-order valence-electron chi connectivity index (χ2n) is 6.56. The normalized spacial score (nSPS) is 28.5. The number of ether oxygens (including phenoxy) is 2. The summed E-state index contributed by atoms with van der Waals surface area (Å²) in [5.74, 6) is 1.54. The van der Waals surface area contributed by atoms with E-state index < -0.39 is 6.29 Å². The van der Waals surface area contributed by atoms with Gasteiger partial charge in [0.1, 0.15) is 17.3 Å². The van der Waals surface area contributed by atoms with Crippen molar-refractivity contribution in [3.05, 3.63) is 59.7 Å². The van der Waals surface area contributed by atoms with Crippen LogP contribution in [0.5, 0.6) is 11.5 Å². The lowest BCUT2D eigenvalue weighted by molar-refractivity contribution is -0.131. The van der Waals surface area contributed by atoms with E-state index in [4.69, 9.17) is 9.47 Å². The molecule has 0 bridgehead atoms. The third kappa shape index (κ3) is 2.47. The van der Waals surface area contributed by atoms with Crippen molar-refractivity contribution in [1.29, 1.82) is 0 Å². The Labute approximate surface area is 141 Å². The van der Waals surface area contributed by atoms with Crippen molar-refractivity contribution in [3.63, 3.8) is 0 Å². The van der Waals surface area contributed by atoms with Crippen LogP contribution in [0.1, 0.15) is 35.8 Å². The molecule has 0 aromatic heterocycles. The minimum Gasteiger partial charge on any atom is -0.497 e. The van der Waals surface area contributed by atoms with Crippen molar-refractivity contribution < 1.29 is 19.4 Å². The van der Waals surface area contributed by atoms with Gasteiger partial charge in [0.2, 0.25) is 6.29 Å². The van der Waals surface area contributed by atoms with Crippen LogP contribution < -0.4 is 9.47 Å². The highest BCUT2D eigenvalue weighted by Gasteiger charge is 2.47. The molecular weight excluding hydrogens is 304 g/mol. The fourth-order valence-electron chi connectivity index (χ4n) is 4.14. The fraction of sp³-hybridized carbons (Fsp3) is 0.350. The van der Waals surface area contributed by atoms with Gasteiger partial charge in [0.25, 0.3) is 0 Å². The molecule has 4 atom stereocenters. The van der Waals surface area contributed by atoms with Gasteiger partial charge in [-0.1, -0.05) is 30.3 Å². The van der Waals surface area contributed by atoms with Crippen LogP contribution in [0.3, 0.4) is 0 Å². The molecule has 2 aromatic rings. The van der Waals surface area contributed by atoms with Gasteiger partial charge >= 0.3 is 0 Å². The molecule has 124 valence electrons. The van der Waals surface area contributed by atoms with Gasteiger partial charge in [0.05, 0.1) is 7.11 Å². The molecule has 2 aliphatic rings. The predicted octanol–water partition coefficient (Wildman–Crippen LogP) is 3.25. The number of carbonyl (C=O) groups is 1. The molecule has 1 fully saturated rings. The second kappa shape index (κ2) is 5.95. The molecule has 1 heterocycles. The van der Waals surface area contributed by atoms with Crippen molar-refractivity contribution in [3.8, 4) is 11.5 Å². The molecule has 0 radical (unpaired) electrons. The average molecular weight is 324 g/mol. The van der Waals surface area contributed by atoms with Gasteiger partial charge in [-0.15, -0.1) is 0 Å². The Bertz CT molecular complexity index is 752. The van der Waals surface area contributed by atoms with Gasteiger partial charge in [-0.25, -0.2) is 0 Å². The van der Waals surface area contributed by atoms with Gasteiger partial charge in [0, 0.05) is 30.6 Å². The smallest absolute Gasteiger partial charge is 0.201 e. The van der Waals surface area contributed by atoms with Crippen LogP contribution in [0.15, 0.2) is 48.5 Å². The number of ketones is 1. The number of methoxy groups -OCH3 is 1. The van der Waals surface area contributed by atoms with E-state index in [0.29, 0.717) is 18.6 Å². The molecule has 0 saturated heterocycles. The third-order valence-corrected chi connectivity index (χ3v) is 5.26. The van der Waals surface area contributed by atoms with Gasteiger partial charge < -0.3 is 14.6 Å². The molecule has 4 nitrogen and oxygen atoms in total. The Kier molecular flexibility index (Phi) is 3.77. The standard InChI is InChI=1S/C20H20O4/c1-23-14-8-6-12(7-9-14)16-10-13(21)11-17-15-4-2-3-5-18(15)24-20(22)19(16)17/h2-9,16-17,19-20,22H,10-11H2,1H3/t16-,17+,19-,20+/m1/s1. The molecule has 2 aromatic carbocycles. The van der Waals surface area contributed by atoms with Crippen LogP contribution in [-0.2, 0) is 4.79 Å². The number of rotatable bonds is 2. The summed E-state index contributed by atoms with van der Waals surface area (Å²) >= 11 is 0. The minimum atomic E-state index is -0.898. The van der Waals surface area contributed by atoms with Crippen LogP contribution in [-0.4, -0.2) is 24.3 Å². The van der Waals surface area contributed by atoms with Crippen LogP contribution in [0.2, 0.25) is 0 Å². The average Bonchev–Trinajstić information content (AvgIpc) is 2.61. The molecular formula is C20H20O4. The summed E-state index contributed by atoms with van der Waals surface area (Å²) in [6, 6.07) is 15.5. The topological polar surface area (TPSA) is 55.8 Å². The summed E-state index contributed by atoms with van der Waals surface area (Å²) in [5.41, 5.74) is 2.07. The SMILES string of the molecule is COc1ccc([C@H]2CC(=O)C[C@H]3c4ccccc4O[C@H](O)[C@H]23)cc1. The number of para-hydroxylation sites is 1. The van der Waals surface area contributed by atoms with Crippen LogP contribution in [0, 0.1) is 5.92 Å². The van der Waals surface area contributed by atoms with E-state index in [9.17, 15) is 9.90 Å². The monoisotopic (exact) mass is 324 g/mol. The maximum atomic E-state index is 12.4. The van der Waals surface area contributed by atoms with E-state index in [0.717, 1.165) is 16.9 Å². The molecule has 1 N–H and O–H groups in total. The van der Waals surface area contributed by atoms with Crippen LogP contribution in [0.4, 0.5) is 0 Å². The summed E-state index contributed by atoms with van der Waals surface area (Å²) in [4.78, 5) is 12.4. The predicted molar refractivity (Wildman–Crippen MR) is 89.3 cm³/mol.